The first-order valence-electron chi connectivity index (χ1n) is 7.88. The van der Waals surface area contributed by atoms with Gasteiger partial charge in [-0.25, -0.2) is 9.78 Å². The van der Waals surface area contributed by atoms with Crippen LogP contribution in [-0.4, -0.2) is 34.9 Å². The molecule has 1 aromatic heterocycles. The summed E-state index contributed by atoms with van der Waals surface area (Å²) < 4.78 is 0. The number of aromatic nitrogens is 1. The van der Waals surface area contributed by atoms with E-state index in [1.165, 1.54) is 18.3 Å². The Morgan fingerprint density at radius 2 is 1.83 bits per heavy atom. The number of hydrogen-bond donors (Lipinski definition) is 2. The smallest absolute Gasteiger partial charge is 0.317 e. The standard InChI is InChI=1S/C17H22N4O2S/c1-4-21(5-2)17(23)18-10-16-20-15(11-24-16)13-6-8-14(9-7-13)19-12(3)22/h6-9,11H,4-5,10H2,1-3H3,(H,18,23)(H,19,22). The highest BCUT2D eigenvalue weighted by Crippen LogP contribution is 2.23. The Hall–Kier alpha value is -2.41. The molecule has 0 saturated carbocycles. The van der Waals surface area contributed by atoms with Crippen molar-refractivity contribution in [2.45, 2.75) is 27.3 Å². The average molecular weight is 346 g/mol. The number of anilines is 1. The Bertz CT molecular complexity index is 693. The van der Waals surface area contributed by atoms with Crippen molar-refractivity contribution in [3.05, 3.63) is 34.7 Å². The molecule has 0 atom stereocenters. The SMILES string of the molecule is CCN(CC)C(=O)NCc1nc(-c2ccc(NC(C)=O)cc2)cs1. The second-order valence-corrected chi connectivity index (χ2v) is 6.16. The molecule has 6 nitrogen and oxygen atoms in total. The number of urea groups is 1. The molecule has 128 valence electrons. The summed E-state index contributed by atoms with van der Waals surface area (Å²) in [6.07, 6.45) is 0. The number of nitrogens with one attached hydrogen (secondary N) is 2. The van der Waals surface area contributed by atoms with E-state index < -0.39 is 0 Å². The molecule has 1 aromatic carbocycles. The Morgan fingerprint density at radius 3 is 2.42 bits per heavy atom. The number of carbonyl (C=O) groups excluding carboxylic acids is 2. The van der Waals surface area contributed by atoms with Crippen molar-refractivity contribution >= 4 is 29.0 Å². The lowest BCUT2D eigenvalue weighted by Crippen LogP contribution is -2.39. The summed E-state index contributed by atoms with van der Waals surface area (Å²) in [6, 6.07) is 7.45. The summed E-state index contributed by atoms with van der Waals surface area (Å²) >= 11 is 1.51. The van der Waals surface area contributed by atoms with Crippen molar-refractivity contribution in [1.29, 1.82) is 0 Å². The largest absolute Gasteiger partial charge is 0.331 e. The lowest BCUT2D eigenvalue weighted by atomic mass is 10.1. The van der Waals surface area contributed by atoms with Crippen LogP contribution in [0.1, 0.15) is 25.8 Å². The molecule has 0 unspecified atom stereocenters. The zero-order chi connectivity index (χ0) is 17.5. The minimum atomic E-state index is -0.0948. The van der Waals surface area contributed by atoms with Crippen LogP contribution in [0.15, 0.2) is 29.6 Å². The predicted octanol–water partition coefficient (Wildman–Crippen LogP) is 3.32. The van der Waals surface area contributed by atoms with E-state index in [0.29, 0.717) is 19.6 Å². The molecule has 0 bridgehead atoms. The molecule has 0 saturated heterocycles. The van der Waals surface area contributed by atoms with Gasteiger partial charge in [-0.1, -0.05) is 12.1 Å². The summed E-state index contributed by atoms with van der Waals surface area (Å²) in [5.74, 6) is -0.0948. The van der Waals surface area contributed by atoms with Crippen LogP contribution in [0.2, 0.25) is 0 Å². The minimum absolute atomic E-state index is 0.0728. The number of thiazole rings is 1. The van der Waals surface area contributed by atoms with E-state index in [1.807, 2.05) is 43.5 Å². The maximum absolute atomic E-state index is 11.9. The van der Waals surface area contributed by atoms with Gasteiger partial charge in [0.05, 0.1) is 12.2 Å². The summed E-state index contributed by atoms with van der Waals surface area (Å²) in [6.45, 7) is 7.18. The third kappa shape index (κ3) is 4.79. The van der Waals surface area contributed by atoms with Gasteiger partial charge < -0.3 is 15.5 Å². The van der Waals surface area contributed by atoms with E-state index in [1.54, 1.807) is 4.90 Å². The van der Waals surface area contributed by atoms with Crippen molar-refractivity contribution in [2.75, 3.05) is 18.4 Å². The maximum atomic E-state index is 11.9. The predicted molar refractivity (Wildman–Crippen MR) is 97.0 cm³/mol. The highest BCUT2D eigenvalue weighted by Gasteiger charge is 2.10. The third-order valence-electron chi connectivity index (χ3n) is 3.49. The third-order valence-corrected chi connectivity index (χ3v) is 4.34. The lowest BCUT2D eigenvalue weighted by molar-refractivity contribution is -0.114. The van der Waals surface area contributed by atoms with Gasteiger partial charge in [-0.05, 0) is 26.0 Å². The molecule has 0 radical (unpaired) electrons. The molecule has 1 heterocycles. The maximum Gasteiger partial charge on any atom is 0.317 e. The summed E-state index contributed by atoms with van der Waals surface area (Å²) in [7, 11) is 0. The zero-order valence-corrected chi connectivity index (χ0v) is 14.9. The number of hydrogen-bond acceptors (Lipinski definition) is 4. The van der Waals surface area contributed by atoms with Crippen LogP contribution in [0.3, 0.4) is 0 Å². The van der Waals surface area contributed by atoms with E-state index in [4.69, 9.17) is 0 Å². The molecule has 0 aliphatic carbocycles. The highest BCUT2D eigenvalue weighted by molar-refractivity contribution is 7.09. The quantitative estimate of drug-likeness (QED) is 0.842. The van der Waals surface area contributed by atoms with Gasteiger partial charge in [0.1, 0.15) is 5.01 Å². The first-order chi connectivity index (χ1) is 11.5. The second-order valence-electron chi connectivity index (χ2n) is 5.22. The van der Waals surface area contributed by atoms with E-state index in [0.717, 1.165) is 22.0 Å². The Kier molecular flexibility index (Phi) is 6.31. The van der Waals surface area contributed by atoms with Crippen molar-refractivity contribution < 1.29 is 9.59 Å². The first-order valence-corrected chi connectivity index (χ1v) is 8.76. The Labute approximate surface area is 145 Å². The molecule has 2 aromatic rings. The van der Waals surface area contributed by atoms with Crippen molar-refractivity contribution in [2.24, 2.45) is 0 Å². The number of nitrogens with zero attached hydrogens (tertiary/aromatic N) is 2. The lowest BCUT2D eigenvalue weighted by Gasteiger charge is -2.18. The van der Waals surface area contributed by atoms with Gasteiger partial charge >= 0.3 is 6.03 Å². The van der Waals surface area contributed by atoms with Gasteiger partial charge in [0.2, 0.25) is 5.91 Å². The van der Waals surface area contributed by atoms with Gasteiger partial charge in [-0.2, -0.15) is 0 Å². The summed E-state index contributed by atoms with van der Waals surface area (Å²) in [5, 5.41) is 8.44. The summed E-state index contributed by atoms with van der Waals surface area (Å²) in [4.78, 5) is 29.3. The molecule has 7 heteroatoms. The van der Waals surface area contributed by atoms with Crippen LogP contribution < -0.4 is 10.6 Å². The second kappa shape index (κ2) is 8.44. The summed E-state index contributed by atoms with van der Waals surface area (Å²) in [5.41, 5.74) is 2.59. The number of carbonyl (C=O) groups is 2. The average Bonchev–Trinajstić information content (AvgIpc) is 3.03. The Balaban J connectivity index is 1.97. The molecule has 2 N–H and O–H groups in total. The molecule has 0 fully saturated rings. The fourth-order valence-corrected chi connectivity index (χ4v) is 2.97. The van der Waals surface area contributed by atoms with Gasteiger partial charge in [-0.3, -0.25) is 4.79 Å². The van der Waals surface area contributed by atoms with Gasteiger partial charge in [0, 0.05) is 36.6 Å². The fourth-order valence-electron chi connectivity index (χ4n) is 2.23. The fraction of sp³-hybridized carbons (Fsp3) is 0.353. The molecule has 0 aliphatic heterocycles. The van der Waals surface area contributed by atoms with Crippen LogP contribution >= 0.6 is 11.3 Å². The molecular formula is C17H22N4O2S. The van der Waals surface area contributed by atoms with Crippen molar-refractivity contribution in [3.63, 3.8) is 0 Å². The molecule has 0 aliphatic rings. The highest BCUT2D eigenvalue weighted by atomic mass is 32.1. The Morgan fingerprint density at radius 1 is 1.17 bits per heavy atom. The van der Waals surface area contributed by atoms with Crippen LogP contribution in [0.5, 0.6) is 0 Å². The van der Waals surface area contributed by atoms with Crippen LogP contribution in [0.4, 0.5) is 10.5 Å². The number of benzene rings is 1. The number of amides is 3. The van der Waals surface area contributed by atoms with Crippen molar-refractivity contribution in [3.8, 4) is 11.3 Å². The molecule has 0 spiro atoms. The van der Waals surface area contributed by atoms with Crippen LogP contribution in [0, 0.1) is 0 Å². The minimum Gasteiger partial charge on any atom is -0.331 e. The van der Waals surface area contributed by atoms with Crippen molar-refractivity contribution in [1.82, 2.24) is 15.2 Å². The van der Waals surface area contributed by atoms with Crippen LogP contribution in [-0.2, 0) is 11.3 Å². The molecule has 2 rings (SSSR count). The molecule has 3 amide bonds. The zero-order valence-electron chi connectivity index (χ0n) is 14.1. The van der Waals surface area contributed by atoms with Gasteiger partial charge in [0.25, 0.3) is 0 Å². The normalized spacial score (nSPS) is 10.3. The van der Waals surface area contributed by atoms with E-state index in [2.05, 4.69) is 15.6 Å². The monoisotopic (exact) mass is 346 g/mol. The van der Waals surface area contributed by atoms with Gasteiger partial charge in [0.15, 0.2) is 0 Å². The molecule has 24 heavy (non-hydrogen) atoms. The van der Waals surface area contributed by atoms with E-state index in [-0.39, 0.29) is 11.9 Å². The first kappa shape index (κ1) is 17.9. The van der Waals surface area contributed by atoms with Gasteiger partial charge in [-0.15, -0.1) is 11.3 Å². The van der Waals surface area contributed by atoms with E-state index in [9.17, 15) is 9.59 Å². The topological polar surface area (TPSA) is 74.3 Å². The number of rotatable bonds is 6. The van der Waals surface area contributed by atoms with Crippen LogP contribution in [0.25, 0.3) is 11.3 Å². The molecular weight excluding hydrogens is 324 g/mol. The van der Waals surface area contributed by atoms with E-state index >= 15 is 0 Å².